The van der Waals surface area contributed by atoms with Crippen LogP contribution in [0.25, 0.3) is 0 Å². The fourth-order valence-corrected chi connectivity index (χ4v) is 0.466. The molecule has 0 atom stereocenters. The minimum atomic E-state index is 0.673. The predicted octanol–water partition coefficient (Wildman–Crippen LogP) is 1.30. The Morgan fingerprint density at radius 2 is 2.50 bits per heavy atom. The van der Waals surface area contributed by atoms with Gasteiger partial charge < -0.3 is 5.73 Å². The highest BCUT2D eigenvalue weighted by molar-refractivity contribution is 8.06. The molecule has 0 aliphatic carbocycles. The largest absolute Gasteiger partial charge is 0.404 e. The summed E-state index contributed by atoms with van der Waals surface area (Å²) in [5.74, 6) is 2.36. The van der Waals surface area contributed by atoms with Crippen molar-refractivity contribution in [3.8, 4) is 12.3 Å². The van der Waals surface area contributed by atoms with E-state index in [0.717, 1.165) is 0 Å². The molecule has 0 saturated heterocycles. The van der Waals surface area contributed by atoms with Crippen LogP contribution in [0.4, 0.5) is 0 Å². The fourth-order valence-electron chi connectivity index (χ4n) is 0.155. The van der Waals surface area contributed by atoms with E-state index in [9.17, 15) is 0 Å². The molecule has 0 radical (unpaired) electrons. The Kier molecular flexibility index (Phi) is 3.91. The summed E-state index contributed by atoms with van der Waals surface area (Å²) < 4.78 is 0. The smallest absolute Gasteiger partial charge is 0.0541 e. The Hall–Kier alpha value is -0.810. The molecule has 0 saturated carbocycles. The maximum absolute atomic E-state index is 5.02. The molecule has 0 heterocycles. The van der Waals surface area contributed by atoms with Crippen molar-refractivity contribution in [2.75, 3.05) is 0 Å². The average molecular weight is 125 g/mol. The van der Waals surface area contributed by atoms with E-state index < -0.39 is 0 Å². The molecule has 0 fully saturated rings. The lowest BCUT2D eigenvalue weighted by Crippen LogP contribution is -1.72. The van der Waals surface area contributed by atoms with Gasteiger partial charge in [-0.2, -0.15) is 0 Å². The van der Waals surface area contributed by atoms with Crippen LogP contribution in [-0.4, -0.2) is 0 Å². The summed E-state index contributed by atoms with van der Waals surface area (Å²) >= 11 is 1.34. The molecule has 0 spiro atoms. The van der Waals surface area contributed by atoms with Crippen LogP contribution in [0.15, 0.2) is 23.1 Å². The summed E-state index contributed by atoms with van der Waals surface area (Å²) in [5, 5.41) is 1.68. The van der Waals surface area contributed by atoms with Crippen LogP contribution in [0.1, 0.15) is 0 Å². The summed E-state index contributed by atoms with van der Waals surface area (Å²) in [7, 11) is 0. The van der Waals surface area contributed by atoms with Crippen LogP contribution in [0.3, 0.4) is 0 Å². The quantitative estimate of drug-likeness (QED) is 0.563. The number of hydrogen-bond acceptors (Lipinski definition) is 2. The summed E-state index contributed by atoms with van der Waals surface area (Å²) in [4.78, 5) is 0.673. The minimum absolute atomic E-state index is 0.673. The normalized spacial score (nSPS) is 8.88. The zero-order valence-corrected chi connectivity index (χ0v) is 5.24. The van der Waals surface area contributed by atoms with Gasteiger partial charge in [-0.1, -0.05) is 24.3 Å². The SMILES string of the molecule is C#CC(=C)S/C=C\N. The molecule has 1 nitrogen and oxygen atoms in total. The third-order valence-electron chi connectivity index (χ3n) is 0.450. The Morgan fingerprint density at radius 1 is 1.88 bits per heavy atom. The van der Waals surface area contributed by atoms with E-state index in [4.69, 9.17) is 12.2 Å². The van der Waals surface area contributed by atoms with Crippen LogP contribution in [0.2, 0.25) is 0 Å². The van der Waals surface area contributed by atoms with Gasteiger partial charge in [0.15, 0.2) is 0 Å². The van der Waals surface area contributed by atoms with Gasteiger partial charge in [-0.25, -0.2) is 0 Å². The second-order valence-electron chi connectivity index (χ2n) is 1.01. The topological polar surface area (TPSA) is 26.0 Å². The van der Waals surface area contributed by atoms with E-state index in [2.05, 4.69) is 12.5 Å². The molecule has 0 unspecified atom stereocenters. The molecular formula is C6H7NS. The minimum Gasteiger partial charge on any atom is -0.404 e. The molecule has 0 rings (SSSR count). The number of nitrogens with two attached hydrogens (primary N) is 1. The van der Waals surface area contributed by atoms with Crippen LogP contribution in [0, 0.1) is 12.3 Å². The van der Waals surface area contributed by atoms with Crippen molar-refractivity contribution in [3.05, 3.63) is 23.1 Å². The summed E-state index contributed by atoms with van der Waals surface area (Å²) in [6.07, 6.45) is 6.39. The standard InChI is InChI=1S/C6H7NS/c1-3-6(2)8-5-4-7/h1,4-5H,2,7H2/b5-4-. The van der Waals surface area contributed by atoms with Gasteiger partial charge >= 0.3 is 0 Å². The van der Waals surface area contributed by atoms with E-state index in [1.54, 1.807) is 5.41 Å². The first-order valence-corrected chi connectivity index (χ1v) is 2.88. The molecule has 0 bridgehead atoms. The molecule has 42 valence electrons. The number of terminal acetylenes is 1. The number of thioether (sulfide) groups is 1. The molecule has 0 amide bonds. The maximum Gasteiger partial charge on any atom is 0.0541 e. The van der Waals surface area contributed by atoms with Gasteiger partial charge in [-0.3, -0.25) is 0 Å². The molecule has 2 heteroatoms. The lowest BCUT2D eigenvalue weighted by Gasteiger charge is -1.84. The number of rotatable bonds is 2. The Balaban J connectivity index is 3.44. The monoisotopic (exact) mass is 125 g/mol. The zero-order chi connectivity index (χ0) is 6.41. The van der Waals surface area contributed by atoms with Crippen LogP contribution in [0.5, 0.6) is 0 Å². The van der Waals surface area contributed by atoms with Gasteiger partial charge in [0.05, 0.1) is 4.91 Å². The Morgan fingerprint density at radius 3 is 2.88 bits per heavy atom. The maximum atomic E-state index is 5.02. The van der Waals surface area contributed by atoms with Gasteiger partial charge in [-0.15, -0.1) is 6.42 Å². The Labute approximate surface area is 53.6 Å². The van der Waals surface area contributed by atoms with Crippen molar-refractivity contribution in [1.82, 2.24) is 0 Å². The van der Waals surface area contributed by atoms with Gasteiger partial charge in [0.2, 0.25) is 0 Å². The van der Waals surface area contributed by atoms with E-state index in [-0.39, 0.29) is 0 Å². The van der Waals surface area contributed by atoms with Crippen molar-refractivity contribution in [2.24, 2.45) is 5.73 Å². The van der Waals surface area contributed by atoms with Crippen molar-refractivity contribution < 1.29 is 0 Å². The molecule has 0 aromatic carbocycles. The van der Waals surface area contributed by atoms with Gasteiger partial charge in [0.1, 0.15) is 0 Å². The van der Waals surface area contributed by atoms with Gasteiger partial charge in [0.25, 0.3) is 0 Å². The molecular weight excluding hydrogens is 118 g/mol. The van der Waals surface area contributed by atoms with E-state index in [1.165, 1.54) is 18.0 Å². The highest BCUT2D eigenvalue weighted by Gasteiger charge is 1.79. The highest BCUT2D eigenvalue weighted by atomic mass is 32.2. The first-order chi connectivity index (χ1) is 3.81. The molecule has 8 heavy (non-hydrogen) atoms. The zero-order valence-electron chi connectivity index (χ0n) is 4.42. The lowest BCUT2D eigenvalue weighted by atomic mass is 10.7. The van der Waals surface area contributed by atoms with Crippen LogP contribution >= 0.6 is 11.8 Å². The molecule has 0 aliphatic heterocycles. The van der Waals surface area contributed by atoms with Crippen molar-refractivity contribution >= 4 is 11.8 Å². The van der Waals surface area contributed by atoms with Crippen LogP contribution < -0.4 is 5.73 Å². The third kappa shape index (κ3) is 3.38. The van der Waals surface area contributed by atoms with Gasteiger partial charge in [-0.05, 0) is 5.41 Å². The van der Waals surface area contributed by atoms with Crippen molar-refractivity contribution in [2.45, 2.75) is 0 Å². The predicted molar refractivity (Wildman–Crippen MR) is 38.9 cm³/mol. The number of hydrogen-bond donors (Lipinski definition) is 1. The van der Waals surface area contributed by atoms with Crippen molar-refractivity contribution in [3.63, 3.8) is 0 Å². The van der Waals surface area contributed by atoms with E-state index in [0.29, 0.717) is 4.91 Å². The van der Waals surface area contributed by atoms with Crippen molar-refractivity contribution in [1.29, 1.82) is 0 Å². The molecule has 0 aromatic rings. The highest BCUT2D eigenvalue weighted by Crippen LogP contribution is 2.11. The second kappa shape index (κ2) is 4.35. The summed E-state index contributed by atoms with van der Waals surface area (Å²) in [6.45, 7) is 3.53. The molecule has 2 N–H and O–H groups in total. The first kappa shape index (κ1) is 7.19. The first-order valence-electron chi connectivity index (χ1n) is 2.00. The molecule has 0 aliphatic rings. The fraction of sp³-hybridized carbons (Fsp3) is 0. The average Bonchev–Trinajstić information content (AvgIpc) is 1.83. The Bertz CT molecular complexity index is 141. The second-order valence-corrected chi connectivity index (χ2v) is 2.01. The van der Waals surface area contributed by atoms with Gasteiger partial charge in [0, 0.05) is 6.20 Å². The van der Waals surface area contributed by atoms with Crippen LogP contribution in [-0.2, 0) is 0 Å². The van der Waals surface area contributed by atoms with E-state index in [1.807, 2.05) is 0 Å². The summed E-state index contributed by atoms with van der Waals surface area (Å²) in [5.41, 5.74) is 5.02. The summed E-state index contributed by atoms with van der Waals surface area (Å²) in [6, 6.07) is 0. The lowest BCUT2D eigenvalue weighted by molar-refractivity contribution is 1.63. The number of allylic oxidation sites excluding steroid dienone is 1. The van der Waals surface area contributed by atoms with E-state index >= 15 is 0 Å². The molecule has 0 aromatic heterocycles. The third-order valence-corrected chi connectivity index (χ3v) is 1.15.